The van der Waals surface area contributed by atoms with Crippen LogP contribution in [0.3, 0.4) is 0 Å². The van der Waals surface area contributed by atoms with Gasteiger partial charge in [0.05, 0.1) is 25.3 Å². The number of thioether (sulfide) groups is 1. The van der Waals surface area contributed by atoms with Gasteiger partial charge in [0.25, 0.3) is 5.56 Å². The van der Waals surface area contributed by atoms with Crippen molar-refractivity contribution in [3.63, 3.8) is 0 Å². The topological polar surface area (TPSA) is 74.3 Å². The van der Waals surface area contributed by atoms with Crippen LogP contribution in [0.1, 0.15) is 36.5 Å². The average molecular weight is 419 g/mol. The summed E-state index contributed by atoms with van der Waals surface area (Å²) < 4.78 is 11.9. The van der Waals surface area contributed by atoms with Crippen molar-refractivity contribution in [3.8, 4) is 0 Å². The maximum atomic E-state index is 13.5. The van der Waals surface area contributed by atoms with Gasteiger partial charge in [-0.1, -0.05) is 18.7 Å². The molecule has 0 amide bonds. The van der Waals surface area contributed by atoms with Gasteiger partial charge in [0, 0.05) is 4.88 Å². The first-order valence-electron chi connectivity index (χ1n) is 9.30. The number of methoxy groups -OCH3 is 1. The fraction of sp³-hybridized carbons (Fsp3) is 0.450. The Bertz CT molecular complexity index is 1070. The molecular formula is C20H22N2O4S2. The van der Waals surface area contributed by atoms with E-state index < -0.39 is 5.25 Å². The van der Waals surface area contributed by atoms with Crippen LogP contribution in [0.4, 0.5) is 0 Å². The molecule has 0 fully saturated rings. The Morgan fingerprint density at radius 1 is 1.54 bits per heavy atom. The van der Waals surface area contributed by atoms with Crippen LogP contribution < -0.4 is 5.56 Å². The van der Waals surface area contributed by atoms with E-state index in [9.17, 15) is 9.59 Å². The minimum atomic E-state index is -0.466. The highest BCUT2D eigenvalue weighted by Gasteiger charge is 2.26. The summed E-state index contributed by atoms with van der Waals surface area (Å²) in [7, 11) is 1.36. The van der Waals surface area contributed by atoms with Crippen molar-refractivity contribution in [1.29, 1.82) is 0 Å². The molecule has 3 aromatic rings. The lowest BCUT2D eigenvalue weighted by Crippen LogP contribution is -2.26. The fourth-order valence-electron chi connectivity index (χ4n) is 3.56. The van der Waals surface area contributed by atoms with Gasteiger partial charge in [-0.05, 0) is 49.8 Å². The Morgan fingerprint density at radius 3 is 3.07 bits per heavy atom. The number of nitrogens with zero attached hydrogens (tertiary/aromatic N) is 2. The minimum Gasteiger partial charge on any atom is -0.468 e. The normalized spacial score (nSPS) is 17.5. The maximum absolute atomic E-state index is 13.5. The van der Waals surface area contributed by atoms with E-state index in [1.807, 2.05) is 6.07 Å². The van der Waals surface area contributed by atoms with E-state index in [0.717, 1.165) is 35.0 Å². The summed E-state index contributed by atoms with van der Waals surface area (Å²) in [6.07, 6.45) is 4.59. The molecular weight excluding hydrogens is 396 g/mol. The molecule has 28 heavy (non-hydrogen) atoms. The summed E-state index contributed by atoms with van der Waals surface area (Å²) in [6.45, 7) is 4.28. The first-order chi connectivity index (χ1) is 13.5. The Morgan fingerprint density at radius 2 is 2.36 bits per heavy atom. The molecule has 148 valence electrons. The first kappa shape index (κ1) is 19.3. The molecule has 0 radical (unpaired) electrons. The Balaban J connectivity index is 1.85. The molecule has 0 aromatic carbocycles. The highest BCUT2D eigenvalue weighted by molar-refractivity contribution is 8.00. The third-order valence-corrected chi connectivity index (χ3v) is 7.31. The zero-order valence-electron chi connectivity index (χ0n) is 16.1. The first-order valence-corrected chi connectivity index (χ1v) is 11.0. The zero-order valence-corrected chi connectivity index (χ0v) is 17.7. The lowest BCUT2D eigenvalue weighted by molar-refractivity contribution is -0.139. The lowest BCUT2D eigenvalue weighted by Gasteiger charge is -2.18. The van der Waals surface area contributed by atoms with Crippen LogP contribution in [0, 0.1) is 5.92 Å². The van der Waals surface area contributed by atoms with Crippen molar-refractivity contribution in [2.75, 3.05) is 7.11 Å². The number of hydrogen-bond acceptors (Lipinski definition) is 7. The summed E-state index contributed by atoms with van der Waals surface area (Å²) in [5.41, 5.74) is 1.09. The Labute approximate surface area is 170 Å². The van der Waals surface area contributed by atoms with Crippen LogP contribution in [0.25, 0.3) is 10.2 Å². The number of rotatable bonds is 5. The molecule has 4 rings (SSSR count). The second-order valence-electron chi connectivity index (χ2n) is 7.18. The molecule has 0 aliphatic heterocycles. The average Bonchev–Trinajstić information content (AvgIpc) is 3.30. The predicted molar refractivity (Wildman–Crippen MR) is 110 cm³/mol. The second-order valence-corrected chi connectivity index (χ2v) is 9.57. The third-order valence-electron chi connectivity index (χ3n) is 5.09. The van der Waals surface area contributed by atoms with Gasteiger partial charge < -0.3 is 9.15 Å². The zero-order chi connectivity index (χ0) is 19.8. The molecule has 1 aliphatic carbocycles. The van der Waals surface area contributed by atoms with Crippen LogP contribution in [0.2, 0.25) is 0 Å². The van der Waals surface area contributed by atoms with Crippen molar-refractivity contribution in [1.82, 2.24) is 9.55 Å². The van der Waals surface area contributed by atoms with Crippen LogP contribution in [-0.4, -0.2) is 27.9 Å². The third kappa shape index (κ3) is 3.51. The molecule has 0 bridgehead atoms. The Kier molecular flexibility index (Phi) is 5.33. The van der Waals surface area contributed by atoms with Crippen molar-refractivity contribution in [3.05, 3.63) is 45.0 Å². The van der Waals surface area contributed by atoms with Gasteiger partial charge in [-0.3, -0.25) is 14.2 Å². The number of fused-ring (bicyclic) bond motifs is 3. The van der Waals surface area contributed by atoms with E-state index in [1.54, 1.807) is 35.2 Å². The number of aryl methyl sites for hydroxylation is 1. The van der Waals surface area contributed by atoms with Crippen molar-refractivity contribution < 1.29 is 13.9 Å². The van der Waals surface area contributed by atoms with Crippen LogP contribution in [-0.2, 0) is 28.9 Å². The molecule has 2 atom stereocenters. The summed E-state index contributed by atoms with van der Waals surface area (Å²) in [5, 5.41) is 0.777. The van der Waals surface area contributed by atoms with E-state index in [1.165, 1.54) is 23.7 Å². The summed E-state index contributed by atoms with van der Waals surface area (Å²) in [4.78, 5) is 32.2. The fourth-order valence-corrected chi connectivity index (χ4v) is 5.92. The van der Waals surface area contributed by atoms with Gasteiger partial charge in [0.1, 0.15) is 15.8 Å². The summed E-state index contributed by atoms with van der Waals surface area (Å²) in [6, 6.07) is 3.63. The van der Waals surface area contributed by atoms with E-state index in [0.29, 0.717) is 16.8 Å². The number of hydrogen-bond donors (Lipinski definition) is 0. The second kappa shape index (κ2) is 7.75. The number of carbonyl (C=O) groups is 1. The maximum Gasteiger partial charge on any atom is 0.318 e. The number of ether oxygens (including phenoxy) is 1. The molecule has 0 saturated carbocycles. The number of aromatic nitrogens is 2. The van der Waals surface area contributed by atoms with Gasteiger partial charge in [0.15, 0.2) is 5.16 Å². The lowest BCUT2D eigenvalue weighted by atomic mass is 9.89. The highest BCUT2D eigenvalue weighted by Crippen LogP contribution is 2.37. The largest absolute Gasteiger partial charge is 0.468 e. The van der Waals surface area contributed by atoms with Crippen LogP contribution in [0.5, 0.6) is 0 Å². The molecule has 8 heteroatoms. The van der Waals surface area contributed by atoms with Crippen molar-refractivity contribution >= 4 is 39.3 Å². The van der Waals surface area contributed by atoms with E-state index in [-0.39, 0.29) is 18.1 Å². The van der Waals surface area contributed by atoms with E-state index in [4.69, 9.17) is 14.1 Å². The van der Waals surface area contributed by atoms with Crippen molar-refractivity contribution in [2.24, 2.45) is 5.92 Å². The SMILES string of the molecule is COC(=O)[C@H](C)Sc1nc2sc3c(c2c(=O)n1Cc1ccco1)CC[C@@H](C)C3. The smallest absolute Gasteiger partial charge is 0.318 e. The number of furan rings is 1. The molecule has 6 nitrogen and oxygen atoms in total. The van der Waals surface area contributed by atoms with E-state index >= 15 is 0 Å². The van der Waals surface area contributed by atoms with Gasteiger partial charge in [-0.15, -0.1) is 11.3 Å². The monoisotopic (exact) mass is 418 g/mol. The predicted octanol–water partition coefficient (Wildman–Crippen LogP) is 3.88. The van der Waals surface area contributed by atoms with Crippen molar-refractivity contribution in [2.45, 2.75) is 50.1 Å². The number of thiophene rings is 1. The Hall–Kier alpha value is -2.06. The number of esters is 1. The standard InChI is InChI=1S/C20H22N2O4S2/c1-11-6-7-14-15(9-11)28-17-16(14)18(23)22(10-13-5-4-8-26-13)20(21-17)27-12(2)19(24)25-3/h4-5,8,11-12H,6-7,9-10H2,1-3H3/t11-,12+/m1/s1. The summed E-state index contributed by atoms with van der Waals surface area (Å²) >= 11 is 2.85. The molecule has 0 unspecified atom stereocenters. The molecule has 3 heterocycles. The molecule has 0 spiro atoms. The molecule has 0 N–H and O–H groups in total. The molecule has 0 saturated heterocycles. The highest BCUT2D eigenvalue weighted by atomic mass is 32.2. The quantitative estimate of drug-likeness (QED) is 0.356. The van der Waals surface area contributed by atoms with Crippen LogP contribution in [0.15, 0.2) is 32.8 Å². The minimum absolute atomic E-state index is 0.0620. The number of carbonyl (C=O) groups excluding carboxylic acids is 1. The summed E-state index contributed by atoms with van der Waals surface area (Å²) in [5.74, 6) is 0.954. The van der Waals surface area contributed by atoms with Gasteiger partial charge in [-0.2, -0.15) is 0 Å². The van der Waals surface area contributed by atoms with Gasteiger partial charge >= 0.3 is 5.97 Å². The van der Waals surface area contributed by atoms with Gasteiger partial charge in [0.2, 0.25) is 0 Å². The molecule has 1 aliphatic rings. The van der Waals surface area contributed by atoms with E-state index in [2.05, 4.69) is 6.92 Å². The van der Waals surface area contributed by atoms with Crippen LogP contribution >= 0.6 is 23.1 Å². The van der Waals surface area contributed by atoms with Gasteiger partial charge in [-0.25, -0.2) is 4.98 Å². The molecule has 3 aromatic heterocycles.